The number of benzene rings is 1. The highest BCUT2D eigenvalue weighted by atomic mass is 16.3. The van der Waals surface area contributed by atoms with Crippen LogP contribution in [-0.2, 0) is 5.66 Å². The third-order valence-electron chi connectivity index (χ3n) is 6.33. The van der Waals surface area contributed by atoms with Crippen molar-refractivity contribution < 1.29 is 5.11 Å². The lowest BCUT2D eigenvalue weighted by molar-refractivity contribution is 0.0786. The molecule has 3 aromatic rings. The minimum Gasteiger partial charge on any atom is -0.373 e. The summed E-state index contributed by atoms with van der Waals surface area (Å²) in [7, 11) is 0. The van der Waals surface area contributed by atoms with Crippen molar-refractivity contribution in [3.63, 3.8) is 0 Å². The molecule has 1 atom stereocenters. The van der Waals surface area contributed by atoms with Gasteiger partial charge in [-0.2, -0.15) is 0 Å². The first kappa shape index (κ1) is 18.3. The lowest BCUT2D eigenvalue weighted by Gasteiger charge is -2.36. The standard InChI is InChI=1S/C22H25N5O2/c1-13-7-6-8-15-17(13)23-12-24-19(15)25-16-11-14(2)18-20(28)26-22(27(18)21(16)29)9-4-3-5-10-22/h6-8,11-12,20,26,28H,3-5,9-10H2,1-2H3,(H,23,24,25). The van der Waals surface area contributed by atoms with Gasteiger partial charge in [-0.25, -0.2) is 9.97 Å². The largest absolute Gasteiger partial charge is 0.373 e. The van der Waals surface area contributed by atoms with Crippen LogP contribution in [0.4, 0.5) is 11.5 Å². The number of fused-ring (bicyclic) bond motifs is 3. The molecule has 1 aliphatic carbocycles. The third-order valence-corrected chi connectivity index (χ3v) is 6.33. The highest BCUT2D eigenvalue weighted by Crippen LogP contribution is 2.41. The average Bonchev–Trinajstić information content (AvgIpc) is 2.99. The zero-order valence-corrected chi connectivity index (χ0v) is 16.7. The molecule has 29 heavy (non-hydrogen) atoms. The van der Waals surface area contributed by atoms with Crippen molar-refractivity contribution in [2.75, 3.05) is 5.32 Å². The zero-order valence-electron chi connectivity index (χ0n) is 16.7. The lowest BCUT2D eigenvalue weighted by Crippen LogP contribution is -2.48. The van der Waals surface area contributed by atoms with Crippen LogP contribution in [0.1, 0.15) is 55.2 Å². The SMILES string of the molecule is Cc1cc(Nc2ncnc3c(C)cccc23)c(=O)n2c1C(O)NC21CCCCC1. The highest BCUT2D eigenvalue weighted by molar-refractivity contribution is 5.92. The Kier molecular flexibility index (Phi) is 4.18. The molecule has 2 aliphatic rings. The maximum absolute atomic E-state index is 13.5. The number of aromatic nitrogens is 3. The Morgan fingerprint density at radius 2 is 1.97 bits per heavy atom. The van der Waals surface area contributed by atoms with Gasteiger partial charge in [0.05, 0.1) is 11.2 Å². The molecule has 0 amide bonds. The maximum atomic E-state index is 13.5. The Morgan fingerprint density at radius 1 is 1.17 bits per heavy atom. The minimum atomic E-state index is -0.822. The summed E-state index contributed by atoms with van der Waals surface area (Å²) < 4.78 is 1.79. The number of aliphatic hydroxyl groups excluding tert-OH is 1. The smallest absolute Gasteiger partial charge is 0.276 e. The van der Waals surface area contributed by atoms with E-state index in [1.165, 1.54) is 6.33 Å². The van der Waals surface area contributed by atoms with Crippen LogP contribution in [0, 0.1) is 13.8 Å². The first-order valence-corrected chi connectivity index (χ1v) is 10.2. The Morgan fingerprint density at radius 3 is 2.76 bits per heavy atom. The summed E-state index contributed by atoms with van der Waals surface area (Å²) >= 11 is 0. The Labute approximate surface area is 168 Å². The van der Waals surface area contributed by atoms with Gasteiger partial charge in [0.15, 0.2) is 0 Å². The van der Waals surface area contributed by atoms with Gasteiger partial charge in [0.25, 0.3) is 5.56 Å². The molecule has 2 aromatic heterocycles. The molecule has 0 radical (unpaired) electrons. The van der Waals surface area contributed by atoms with Crippen LogP contribution in [-0.4, -0.2) is 19.6 Å². The van der Waals surface area contributed by atoms with Crippen molar-refractivity contribution in [3.8, 4) is 0 Å². The van der Waals surface area contributed by atoms with E-state index in [1.807, 2.05) is 38.1 Å². The molecule has 7 heteroatoms. The fraction of sp³-hybridized carbons (Fsp3) is 0.409. The van der Waals surface area contributed by atoms with Gasteiger partial charge in [-0.3, -0.25) is 14.7 Å². The molecule has 1 fully saturated rings. The van der Waals surface area contributed by atoms with Crippen molar-refractivity contribution in [2.24, 2.45) is 0 Å². The predicted octanol–water partition coefficient (Wildman–Crippen LogP) is 3.36. The van der Waals surface area contributed by atoms with Crippen LogP contribution < -0.4 is 16.2 Å². The van der Waals surface area contributed by atoms with E-state index in [0.717, 1.165) is 54.1 Å². The van der Waals surface area contributed by atoms with Crippen molar-refractivity contribution in [2.45, 2.75) is 57.8 Å². The molecule has 5 rings (SSSR count). The fourth-order valence-electron chi connectivity index (χ4n) is 4.97. The minimum absolute atomic E-state index is 0.129. The number of anilines is 2. The second-order valence-corrected chi connectivity index (χ2v) is 8.22. The maximum Gasteiger partial charge on any atom is 0.276 e. The predicted molar refractivity (Wildman–Crippen MR) is 112 cm³/mol. The molecule has 1 aliphatic heterocycles. The van der Waals surface area contributed by atoms with Gasteiger partial charge >= 0.3 is 0 Å². The summed E-state index contributed by atoms with van der Waals surface area (Å²) in [5.74, 6) is 0.611. The quantitative estimate of drug-likeness (QED) is 0.620. The number of hydrogen-bond acceptors (Lipinski definition) is 6. The number of nitrogens with zero attached hydrogens (tertiary/aromatic N) is 3. The Hall–Kier alpha value is -2.77. The van der Waals surface area contributed by atoms with E-state index in [9.17, 15) is 9.90 Å². The van der Waals surface area contributed by atoms with Gasteiger partial charge in [0, 0.05) is 5.39 Å². The normalized spacial score (nSPS) is 20.2. The number of hydrogen-bond donors (Lipinski definition) is 3. The molecule has 7 nitrogen and oxygen atoms in total. The first-order chi connectivity index (χ1) is 14.0. The Bertz CT molecular complexity index is 1160. The van der Waals surface area contributed by atoms with E-state index < -0.39 is 11.9 Å². The number of aryl methyl sites for hydroxylation is 2. The number of nitrogens with one attached hydrogen (secondary N) is 2. The molecule has 1 saturated carbocycles. The summed E-state index contributed by atoms with van der Waals surface area (Å²) in [5, 5.41) is 18.1. The molecular weight excluding hydrogens is 366 g/mol. The van der Waals surface area contributed by atoms with Crippen LogP contribution in [0.3, 0.4) is 0 Å². The molecule has 1 spiro atoms. The van der Waals surface area contributed by atoms with Gasteiger partial charge in [0.1, 0.15) is 29.7 Å². The number of para-hydroxylation sites is 1. The van der Waals surface area contributed by atoms with Crippen LogP contribution >= 0.6 is 0 Å². The van der Waals surface area contributed by atoms with E-state index >= 15 is 0 Å². The van der Waals surface area contributed by atoms with Gasteiger partial charge in [-0.15, -0.1) is 0 Å². The topological polar surface area (TPSA) is 92.1 Å². The molecule has 1 aromatic carbocycles. The molecule has 150 valence electrons. The number of aliphatic hydroxyl groups is 1. The molecule has 0 bridgehead atoms. The second-order valence-electron chi connectivity index (χ2n) is 8.22. The van der Waals surface area contributed by atoms with Crippen molar-refractivity contribution in [3.05, 3.63) is 57.8 Å². The monoisotopic (exact) mass is 391 g/mol. The molecule has 3 N–H and O–H groups in total. The highest BCUT2D eigenvalue weighted by Gasteiger charge is 2.45. The van der Waals surface area contributed by atoms with Gasteiger partial charge < -0.3 is 10.4 Å². The van der Waals surface area contributed by atoms with Crippen molar-refractivity contribution in [1.29, 1.82) is 0 Å². The van der Waals surface area contributed by atoms with E-state index in [2.05, 4.69) is 20.6 Å². The van der Waals surface area contributed by atoms with Crippen LogP contribution in [0.5, 0.6) is 0 Å². The first-order valence-electron chi connectivity index (χ1n) is 10.2. The summed E-state index contributed by atoms with van der Waals surface area (Å²) in [6, 6.07) is 7.73. The number of pyridine rings is 1. The third kappa shape index (κ3) is 2.76. The summed E-state index contributed by atoms with van der Waals surface area (Å²) in [5.41, 5.74) is 3.31. The Balaban J connectivity index is 1.66. The summed E-state index contributed by atoms with van der Waals surface area (Å²) in [4.78, 5) is 22.3. The summed E-state index contributed by atoms with van der Waals surface area (Å²) in [6.07, 6.45) is 5.62. The lowest BCUT2D eigenvalue weighted by atomic mass is 9.89. The van der Waals surface area contributed by atoms with Gasteiger partial charge in [-0.1, -0.05) is 18.6 Å². The fourth-order valence-corrected chi connectivity index (χ4v) is 4.97. The van der Waals surface area contributed by atoms with E-state index in [0.29, 0.717) is 17.2 Å². The van der Waals surface area contributed by atoms with Crippen molar-refractivity contribution in [1.82, 2.24) is 19.9 Å². The van der Waals surface area contributed by atoms with Crippen LogP contribution in [0.2, 0.25) is 0 Å². The average molecular weight is 391 g/mol. The van der Waals surface area contributed by atoms with E-state index in [1.54, 1.807) is 4.57 Å². The van der Waals surface area contributed by atoms with E-state index in [4.69, 9.17) is 0 Å². The second kappa shape index (κ2) is 6.64. The zero-order chi connectivity index (χ0) is 20.2. The van der Waals surface area contributed by atoms with Crippen LogP contribution in [0.15, 0.2) is 35.4 Å². The molecular formula is C22H25N5O2. The van der Waals surface area contributed by atoms with Gasteiger partial charge in [-0.05, 0) is 62.8 Å². The van der Waals surface area contributed by atoms with E-state index in [-0.39, 0.29) is 5.56 Å². The molecule has 3 heterocycles. The van der Waals surface area contributed by atoms with Crippen molar-refractivity contribution >= 4 is 22.4 Å². The molecule has 0 saturated heterocycles. The summed E-state index contributed by atoms with van der Waals surface area (Å²) in [6.45, 7) is 3.94. The molecule has 1 unspecified atom stereocenters. The number of rotatable bonds is 2. The van der Waals surface area contributed by atoms with Crippen LogP contribution in [0.25, 0.3) is 10.9 Å². The van der Waals surface area contributed by atoms with Gasteiger partial charge in [0.2, 0.25) is 0 Å².